The fourth-order valence-electron chi connectivity index (χ4n) is 1.96. The van der Waals surface area contributed by atoms with E-state index in [0.717, 1.165) is 22.2 Å². The molecule has 19 heavy (non-hydrogen) atoms. The lowest BCUT2D eigenvalue weighted by atomic mass is 10.2. The summed E-state index contributed by atoms with van der Waals surface area (Å²) in [4.78, 5) is 4.42. The number of benzene rings is 2. The van der Waals surface area contributed by atoms with E-state index in [1.54, 1.807) is 6.20 Å². The van der Waals surface area contributed by atoms with E-state index < -0.39 is 0 Å². The van der Waals surface area contributed by atoms with Crippen molar-refractivity contribution in [2.24, 2.45) is 0 Å². The highest BCUT2D eigenvalue weighted by molar-refractivity contribution is 14.1. The predicted octanol–water partition coefficient (Wildman–Crippen LogP) is 4.42. The molecule has 94 valence electrons. The number of rotatable bonds is 3. The highest BCUT2D eigenvalue weighted by atomic mass is 127. The smallest absolute Gasteiger partial charge is 0.146 e. The minimum atomic E-state index is 0.563. The molecule has 0 saturated carbocycles. The van der Waals surface area contributed by atoms with E-state index in [2.05, 4.69) is 51.8 Å². The van der Waals surface area contributed by atoms with Gasteiger partial charge in [0.1, 0.15) is 17.9 Å². The van der Waals surface area contributed by atoms with Crippen molar-refractivity contribution in [2.75, 3.05) is 0 Å². The lowest BCUT2D eigenvalue weighted by molar-refractivity contribution is 0.309. The Kier molecular flexibility index (Phi) is 3.64. The summed E-state index contributed by atoms with van der Waals surface area (Å²) in [5.74, 6) is 0.833. The van der Waals surface area contributed by atoms with Gasteiger partial charge in [-0.2, -0.15) is 0 Å². The molecule has 1 aromatic heterocycles. The summed E-state index contributed by atoms with van der Waals surface area (Å²) in [6.45, 7) is 0.563. The summed E-state index contributed by atoms with van der Waals surface area (Å²) in [7, 11) is 0. The van der Waals surface area contributed by atoms with E-state index >= 15 is 0 Å². The molecule has 0 unspecified atom stereocenters. The first-order chi connectivity index (χ1) is 9.34. The molecular formula is C16H12INO. The predicted molar refractivity (Wildman–Crippen MR) is 85.2 cm³/mol. The van der Waals surface area contributed by atoms with Gasteiger partial charge in [-0.25, -0.2) is 0 Å². The molecule has 0 bridgehead atoms. The van der Waals surface area contributed by atoms with Gasteiger partial charge in [0.25, 0.3) is 0 Å². The summed E-state index contributed by atoms with van der Waals surface area (Å²) >= 11 is 2.32. The van der Waals surface area contributed by atoms with E-state index in [-0.39, 0.29) is 0 Å². The van der Waals surface area contributed by atoms with Crippen LogP contribution in [0, 0.1) is 3.57 Å². The van der Waals surface area contributed by atoms with Crippen molar-refractivity contribution < 1.29 is 4.74 Å². The number of nitrogens with zero attached hydrogens (tertiary/aromatic N) is 1. The van der Waals surface area contributed by atoms with Crippen molar-refractivity contribution >= 4 is 33.5 Å². The molecule has 0 fully saturated rings. The van der Waals surface area contributed by atoms with Crippen molar-refractivity contribution in [2.45, 2.75) is 6.61 Å². The maximum Gasteiger partial charge on any atom is 0.146 e. The standard InChI is InChI=1S/C16H12INO/c17-14-8-9-15(16-13(14)7-4-10-18-16)19-11-12-5-2-1-3-6-12/h1-10H,11H2. The van der Waals surface area contributed by atoms with Crippen LogP contribution in [0.25, 0.3) is 10.9 Å². The minimum absolute atomic E-state index is 0.563. The third-order valence-electron chi connectivity index (χ3n) is 2.92. The molecule has 3 aromatic rings. The van der Waals surface area contributed by atoms with Crippen molar-refractivity contribution in [3.05, 3.63) is 69.9 Å². The zero-order valence-corrected chi connectivity index (χ0v) is 12.4. The van der Waals surface area contributed by atoms with Gasteiger partial charge in [0, 0.05) is 15.2 Å². The van der Waals surface area contributed by atoms with E-state index in [1.807, 2.05) is 30.3 Å². The Bertz CT molecular complexity index is 697. The summed E-state index contributed by atoms with van der Waals surface area (Å²) in [6.07, 6.45) is 1.80. The Hall–Kier alpha value is -1.62. The fourth-order valence-corrected chi connectivity index (χ4v) is 2.58. The molecule has 0 amide bonds. The topological polar surface area (TPSA) is 22.1 Å². The van der Waals surface area contributed by atoms with E-state index in [9.17, 15) is 0 Å². The lowest BCUT2D eigenvalue weighted by Gasteiger charge is -2.09. The van der Waals surface area contributed by atoms with E-state index in [1.165, 1.54) is 3.57 Å². The first-order valence-electron chi connectivity index (χ1n) is 6.04. The molecule has 0 N–H and O–H groups in total. The van der Waals surface area contributed by atoms with Crippen molar-refractivity contribution in [1.29, 1.82) is 0 Å². The zero-order valence-electron chi connectivity index (χ0n) is 10.2. The molecular weight excluding hydrogens is 349 g/mol. The first kappa shape index (κ1) is 12.4. The van der Waals surface area contributed by atoms with Crippen LogP contribution >= 0.6 is 22.6 Å². The van der Waals surface area contributed by atoms with Crippen LogP contribution in [0.3, 0.4) is 0 Å². The van der Waals surface area contributed by atoms with Crippen LogP contribution in [0.4, 0.5) is 0 Å². The molecule has 3 heteroatoms. The normalized spacial score (nSPS) is 10.6. The van der Waals surface area contributed by atoms with E-state index in [0.29, 0.717) is 6.61 Å². The summed E-state index contributed by atoms with van der Waals surface area (Å²) in [5.41, 5.74) is 2.08. The van der Waals surface area contributed by atoms with Crippen LogP contribution in [0.15, 0.2) is 60.8 Å². The molecule has 1 heterocycles. The fraction of sp³-hybridized carbons (Fsp3) is 0.0625. The Labute approximate surface area is 125 Å². The average molecular weight is 361 g/mol. The van der Waals surface area contributed by atoms with Crippen LogP contribution in [0.2, 0.25) is 0 Å². The molecule has 0 aliphatic heterocycles. The number of halogens is 1. The maximum absolute atomic E-state index is 5.89. The Morgan fingerprint density at radius 2 is 1.79 bits per heavy atom. The highest BCUT2D eigenvalue weighted by Gasteiger charge is 2.06. The number of ether oxygens (including phenoxy) is 1. The Balaban J connectivity index is 1.91. The van der Waals surface area contributed by atoms with Crippen molar-refractivity contribution in [3.8, 4) is 5.75 Å². The Morgan fingerprint density at radius 1 is 0.947 bits per heavy atom. The monoisotopic (exact) mass is 361 g/mol. The molecule has 0 radical (unpaired) electrons. The van der Waals surface area contributed by atoms with Crippen molar-refractivity contribution in [3.63, 3.8) is 0 Å². The lowest BCUT2D eigenvalue weighted by Crippen LogP contribution is -1.97. The van der Waals surface area contributed by atoms with Crippen LogP contribution in [-0.2, 0) is 6.61 Å². The van der Waals surface area contributed by atoms with Gasteiger partial charge in [-0.15, -0.1) is 0 Å². The van der Waals surface area contributed by atoms with Gasteiger partial charge in [-0.3, -0.25) is 4.98 Å². The van der Waals surface area contributed by atoms with Gasteiger partial charge in [-0.05, 0) is 46.4 Å². The van der Waals surface area contributed by atoms with Crippen LogP contribution < -0.4 is 4.74 Å². The minimum Gasteiger partial charge on any atom is -0.487 e. The van der Waals surface area contributed by atoms with Gasteiger partial charge in [0.15, 0.2) is 0 Å². The average Bonchev–Trinajstić information content (AvgIpc) is 2.48. The molecule has 0 aliphatic rings. The van der Waals surface area contributed by atoms with Gasteiger partial charge in [0.05, 0.1) is 0 Å². The molecule has 0 saturated heterocycles. The van der Waals surface area contributed by atoms with Crippen LogP contribution in [0.1, 0.15) is 5.56 Å². The summed E-state index contributed by atoms with van der Waals surface area (Å²) in [5, 5.41) is 1.13. The van der Waals surface area contributed by atoms with Gasteiger partial charge >= 0.3 is 0 Å². The third-order valence-corrected chi connectivity index (χ3v) is 3.86. The van der Waals surface area contributed by atoms with Gasteiger partial charge < -0.3 is 4.74 Å². The number of hydrogen-bond acceptors (Lipinski definition) is 2. The first-order valence-corrected chi connectivity index (χ1v) is 7.12. The van der Waals surface area contributed by atoms with Crippen molar-refractivity contribution in [1.82, 2.24) is 4.98 Å². The highest BCUT2D eigenvalue weighted by Crippen LogP contribution is 2.28. The zero-order chi connectivity index (χ0) is 13.1. The molecule has 0 spiro atoms. The molecule has 2 nitrogen and oxygen atoms in total. The second-order valence-corrected chi connectivity index (χ2v) is 5.38. The maximum atomic E-state index is 5.89. The summed E-state index contributed by atoms with van der Waals surface area (Å²) < 4.78 is 7.08. The number of pyridine rings is 1. The number of fused-ring (bicyclic) bond motifs is 1. The van der Waals surface area contributed by atoms with E-state index in [4.69, 9.17) is 4.74 Å². The van der Waals surface area contributed by atoms with Crippen LogP contribution in [-0.4, -0.2) is 4.98 Å². The van der Waals surface area contributed by atoms with Gasteiger partial charge in [0.2, 0.25) is 0 Å². The molecule has 0 atom stereocenters. The number of hydrogen-bond donors (Lipinski definition) is 0. The molecule has 2 aromatic carbocycles. The summed E-state index contributed by atoms with van der Waals surface area (Å²) in [6, 6.07) is 18.2. The third kappa shape index (κ3) is 2.71. The second kappa shape index (κ2) is 5.57. The Morgan fingerprint density at radius 3 is 2.63 bits per heavy atom. The molecule has 0 aliphatic carbocycles. The van der Waals surface area contributed by atoms with Gasteiger partial charge in [-0.1, -0.05) is 36.4 Å². The second-order valence-electron chi connectivity index (χ2n) is 4.22. The SMILES string of the molecule is Ic1ccc(OCc2ccccc2)c2ncccc12. The van der Waals surface area contributed by atoms with Crippen LogP contribution in [0.5, 0.6) is 5.75 Å². The quantitative estimate of drug-likeness (QED) is 0.645. The largest absolute Gasteiger partial charge is 0.487 e. The molecule has 3 rings (SSSR count). The number of aromatic nitrogens is 1.